The lowest BCUT2D eigenvalue weighted by molar-refractivity contribution is -0.158. The van der Waals surface area contributed by atoms with Crippen molar-refractivity contribution in [1.82, 2.24) is 4.31 Å². The summed E-state index contributed by atoms with van der Waals surface area (Å²) in [6, 6.07) is 4.15. The van der Waals surface area contributed by atoms with Crippen LogP contribution in [0, 0.1) is 6.92 Å². The molecule has 164 valence electrons. The van der Waals surface area contributed by atoms with Crippen molar-refractivity contribution in [3.63, 3.8) is 0 Å². The molecule has 8 heteroatoms. The molecule has 0 bridgehead atoms. The Morgan fingerprint density at radius 3 is 2.62 bits per heavy atom. The second-order valence-electron chi connectivity index (χ2n) is 8.39. The quantitative estimate of drug-likeness (QED) is 0.481. The molecule has 1 aromatic rings. The first-order chi connectivity index (χ1) is 13.6. The summed E-state index contributed by atoms with van der Waals surface area (Å²) in [5.41, 5.74) is 0.210. The molecule has 1 atom stereocenters. The van der Waals surface area contributed by atoms with Gasteiger partial charge < -0.3 is 14.6 Å². The maximum atomic E-state index is 13.4. The second kappa shape index (κ2) is 9.91. The predicted molar refractivity (Wildman–Crippen MR) is 110 cm³/mol. The van der Waals surface area contributed by atoms with Crippen molar-refractivity contribution in [3.05, 3.63) is 23.8 Å². The van der Waals surface area contributed by atoms with Crippen molar-refractivity contribution in [2.24, 2.45) is 0 Å². The zero-order valence-electron chi connectivity index (χ0n) is 17.8. The lowest BCUT2D eigenvalue weighted by atomic mass is 10.2. The van der Waals surface area contributed by atoms with E-state index < -0.39 is 27.6 Å². The molecule has 0 saturated carbocycles. The molecule has 0 unspecified atom stereocenters. The van der Waals surface area contributed by atoms with Crippen molar-refractivity contribution in [2.45, 2.75) is 76.3 Å². The van der Waals surface area contributed by atoms with Crippen molar-refractivity contribution < 1.29 is 27.8 Å². The molecule has 2 rings (SSSR count). The number of rotatable bonds is 9. The minimum atomic E-state index is -3.92. The van der Waals surface area contributed by atoms with E-state index in [1.54, 1.807) is 32.9 Å². The first-order valence-corrected chi connectivity index (χ1v) is 11.6. The third-order valence-corrected chi connectivity index (χ3v) is 6.58. The van der Waals surface area contributed by atoms with E-state index in [1.807, 2.05) is 6.92 Å². The molecule has 1 heterocycles. The number of nitrogens with zero attached hydrogens (tertiary/aromatic N) is 1. The van der Waals surface area contributed by atoms with Crippen LogP contribution in [0.15, 0.2) is 23.1 Å². The minimum absolute atomic E-state index is 0.0701. The Morgan fingerprint density at radius 1 is 1.24 bits per heavy atom. The first-order valence-electron chi connectivity index (χ1n) is 10.2. The van der Waals surface area contributed by atoms with Crippen LogP contribution in [0.5, 0.6) is 5.75 Å². The van der Waals surface area contributed by atoms with Crippen LogP contribution in [0.25, 0.3) is 0 Å². The Hall–Kier alpha value is -1.64. The number of aliphatic hydroxyl groups is 1. The van der Waals surface area contributed by atoms with Crippen LogP contribution >= 0.6 is 0 Å². The molecule has 29 heavy (non-hydrogen) atoms. The highest BCUT2D eigenvalue weighted by molar-refractivity contribution is 7.89. The highest BCUT2D eigenvalue weighted by Gasteiger charge is 2.42. The summed E-state index contributed by atoms with van der Waals surface area (Å²) in [5.74, 6) is -0.221. The number of carbonyl (C=O) groups is 1. The fourth-order valence-corrected chi connectivity index (χ4v) is 5.03. The van der Waals surface area contributed by atoms with Gasteiger partial charge in [-0.2, -0.15) is 4.31 Å². The molecular weight excluding hydrogens is 394 g/mol. The van der Waals surface area contributed by atoms with Gasteiger partial charge >= 0.3 is 5.97 Å². The van der Waals surface area contributed by atoms with Crippen LogP contribution in [0.3, 0.4) is 0 Å². The highest BCUT2D eigenvalue weighted by Crippen LogP contribution is 2.33. The number of hydrogen-bond donors (Lipinski definition) is 1. The number of sulfonamides is 1. The van der Waals surface area contributed by atoms with Gasteiger partial charge in [-0.25, -0.2) is 8.42 Å². The van der Waals surface area contributed by atoms with E-state index in [4.69, 9.17) is 14.6 Å². The van der Waals surface area contributed by atoms with Crippen molar-refractivity contribution in [2.75, 3.05) is 19.8 Å². The summed E-state index contributed by atoms with van der Waals surface area (Å²) in [6.45, 7) is 7.93. The Balaban J connectivity index is 2.24. The van der Waals surface area contributed by atoms with Gasteiger partial charge in [0, 0.05) is 13.2 Å². The summed E-state index contributed by atoms with van der Waals surface area (Å²) in [5, 5.41) is 8.87. The Morgan fingerprint density at radius 2 is 1.97 bits per heavy atom. The average molecular weight is 428 g/mol. The molecule has 0 amide bonds. The van der Waals surface area contributed by atoms with Crippen LogP contribution in [-0.2, 0) is 19.6 Å². The molecule has 1 aliphatic rings. The van der Waals surface area contributed by atoms with Gasteiger partial charge in [-0.05, 0) is 77.5 Å². The summed E-state index contributed by atoms with van der Waals surface area (Å²) in [6.07, 6.45) is 3.26. The zero-order valence-corrected chi connectivity index (χ0v) is 18.6. The van der Waals surface area contributed by atoms with Gasteiger partial charge in [0.1, 0.15) is 22.3 Å². The molecule has 1 N–H and O–H groups in total. The summed E-state index contributed by atoms with van der Waals surface area (Å²) >= 11 is 0. The third kappa shape index (κ3) is 6.42. The molecular formula is C21H33NO6S. The lowest BCUT2D eigenvalue weighted by Crippen LogP contribution is -2.43. The minimum Gasteiger partial charge on any atom is -0.492 e. The second-order valence-corrected chi connectivity index (χ2v) is 10.2. The number of aryl methyl sites for hydroxylation is 1. The number of benzene rings is 1. The van der Waals surface area contributed by atoms with Gasteiger partial charge in [0.2, 0.25) is 10.0 Å². The maximum Gasteiger partial charge on any atom is 0.324 e. The van der Waals surface area contributed by atoms with Crippen LogP contribution in [0.2, 0.25) is 0 Å². The van der Waals surface area contributed by atoms with E-state index in [2.05, 4.69) is 0 Å². The lowest BCUT2D eigenvalue weighted by Gasteiger charge is -2.27. The average Bonchev–Trinajstić information content (AvgIpc) is 3.11. The number of ether oxygens (including phenoxy) is 2. The van der Waals surface area contributed by atoms with E-state index in [-0.39, 0.29) is 18.0 Å². The number of unbranched alkanes of at least 4 members (excludes halogenated alkanes) is 2. The molecule has 0 aromatic heterocycles. The molecule has 1 aliphatic heterocycles. The van der Waals surface area contributed by atoms with E-state index in [0.29, 0.717) is 31.6 Å². The Kier molecular flexibility index (Phi) is 8.08. The fourth-order valence-electron chi connectivity index (χ4n) is 3.27. The van der Waals surface area contributed by atoms with Gasteiger partial charge in [0.25, 0.3) is 0 Å². The maximum absolute atomic E-state index is 13.4. The van der Waals surface area contributed by atoms with Crippen LogP contribution in [0.4, 0.5) is 0 Å². The van der Waals surface area contributed by atoms with E-state index in [9.17, 15) is 13.2 Å². The molecule has 1 fully saturated rings. The molecule has 1 aromatic carbocycles. The zero-order chi connectivity index (χ0) is 21.7. The summed E-state index contributed by atoms with van der Waals surface area (Å²) < 4.78 is 39.2. The number of aliphatic hydroxyl groups excluding tert-OH is 1. The SMILES string of the molecule is Cc1ccc(S(=O)(=O)N2CCC[C@H]2C(=O)OC(C)(C)C)c(OCCCCCO)c1. The largest absolute Gasteiger partial charge is 0.492 e. The van der Waals surface area contributed by atoms with Crippen LogP contribution in [-0.4, -0.2) is 55.2 Å². The van der Waals surface area contributed by atoms with Crippen molar-refractivity contribution in [3.8, 4) is 5.75 Å². The summed E-state index contributed by atoms with van der Waals surface area (Å²) in [7, 11) is -3.92. The normalized spacial score (nSPS) is 18.0. The van der Waals surface area contributed by atoms with Gasteiger partial charge in [-0.1, -0.05) is 6.07 Å². The number of carbonyl (C=O) groups excluding carboxylic acids is 1. The molecule has 0 spiro atoms. The van der Waals surface area contributed by atoms with E-state index >= 15 is 0 Å². The van der Waals surface area contributed by atoms with Crippen LogP contribution in [0.1, 0.15) is 58.4 Å². The standard InChI is InChI=1S/C21H33NO6S/c1-16-10-11-19(18(15-16)27-14-7-5-6-13-23)29(25,26)22-12-8-9-17(22)20(24)28-21(2,3)4/h10-11,15,17,23H,5-9,12-14H2,1-4H3/t17-/m0/s1. The van der Waals surface area contributed by atoms with Gasteiger partial charge in [0.05, 0.1) is 6.61 Å². The topological polar surface area (TPSA) is 93.1 Å². The van der Waals surface area contributed by atoms with Gasteiger partial charge in [-0.3, -0.25) is 4.79 Å². The van der Waals surface area contributed by atoms with Gasteiger partial charge in [-0.15, -0.1) is 0 Å². The van der Waals surface area contributed by atoms with Crippen LogP contribution < -0.4 is 4.74 Å². The first kappa shape index (κ1) is 23.6. The summed E-state index contributed by atoms with van der Waals surface area (Å²) in [4.78, 5) is 12.7. The number of esters is 1. The van der Waals surface area contributed by atoms with Crippen molar-refractivity contribution >= 4 is 16.0 Å². The van der Waals surface area contributed by atoms with Gasteiger partial charge in [0.15, 0.2) is 0 Å². The predicted octanol–water partition coefficient (Wildman–Crippen LogP) is 3.03. The molecule has 7 nitrogen and oxygen atoms in total. The number of hydrogen-bond acceptors (Lipinski definition) is 6. The fraction of sp³-hybridized carbons (Fsp3) is 0.667. The van der Waals surface area contributed by atoms with Crippen molar-refractivity contribution in [1.29, 1.82) is 0 Å². The van der Waals surface area contributed by atoms with E-state index in [0.717, 1.165) is 18.4 Å². The molecule has 0 radical (unpaired) electrons. The third-order valence-electron chi connectivity index (χ3n) is 4.63. The Labute approximate surface area is 174 Å². The monoisotopic (exact) mass is 427 g/mol. The Bertz CT molecular complexity index is 800. The molecule has 1 saturated heterocycles. The van der Waals surface area contributed by atoms with E-state index in [1.165, 1.54) is 10.4 Å². The smallest absolute Gasteiger partial charge is 0.324 e. The molecule has 0 aliphatic carbocycles. The highest BCUT2D eigenvalue weighted by atomic mass is 32.2.